The van der Waals surface area contributed by atoms with Gasteiger partial charge in [0.15, 0.2) is 0 Å². The lowest BCUT2D eigenvalue weighted by Gasteiger charge is -2.13. The molecule has 1 aliphatic rings. The monoisotopic (exact) mass is 270 g/mol. The summed E-state index contributed by atoms with van der Waals surface area (Å²) in [7, 11) is 0. The second kappa shape index (κ2) is 4.63. The number of rotatable bonds is 2. The molecule has 0 fully saturated rings. The Labute approximate surface area is 116 Å². The fourth-order valence-corrected chi connectivity index (χ4v) is 2.78. The SMILES string of the molecule is Cc1ccc(N2N=C(c3cccs3)CC2=O)cc1C. The van der Waals surface area contributed by atoms with Crippen molar-refractivity contribution in [3.63, 3.8) is 0 Å². The largest absolute Gasteiger partial charge is 0.272 e. The molecule has 1 aromatic heterocycles. The maximum atomic E-state index is 12.1. The highest BCUT2D eigenvalue weighted by Gasteiger charge is 2.26. The minimum Gasteiger partial charge on any atom is -0.272 e. The lowest BCUT2D eigenvalue weighted by atomic mass is 10.1. The van der Waals surface area contributed by atoms with Gasteiger partial charge in [-0.2, -0.15) is 5.10 Å². The van der Waals surface area contributed by atoms with E-state index in [0.717, 1.165) is 16.3 Å². The summed E-state index contributed by atoms with van der Waals surface area (Å²) >= 11 is 1.62. The number of thiophene rings is 1. The molecule has 19 heavy (non-hydrogen) atoms. The molecule has 1 amide bonds. The van der Waals surface area contributed by atoms with Crippen molar-refractivity contribution in [1.29, 1.82) is 0 Å². The highest BCUT2D eigenvalue weighted by atomic mass is 32.1. The first-order chi connectivity index (χ1) is 9.15. The molecule has 1 aromatic carbocycles. The Morgan fingerprint density at radius 1 is 1.21 bits per heavy atom. The van der Waals surface area contributed by atoms with Crippen molar-refractivity contribution in [3.05, 3.63) is 51.7 Å². The van der Waals surface area contributed by atoms with Gasteiger partial charge in [-0.3, -0.25) is 4.79 Å². The van der Waals surface area contributed by atoms with Gasteiger partial charge in [0.2, 0.25) is 0 Å². The third-order valence-corrected chi connectivity index (χ3v) is 4.24. The summed E-state index contributed by atoms with van der Waals surface area (Å²) in [4.78, 5) is 13.2. The number of hydrazone groups is 1. The van der Waals surface area contributed by atoms with Crippen LogP contribution in [0.3, 0.4) is 0 Å². The Morgan fingerprint density at radius 3 is 2.74 bits per heavy atom. The lowest BCUT2D eigenvalue weighted by Crippen LogP contribution is -2.19. The van der Waals surface area contributed by atoms with Crippen LogP contribution in [-0.4, -0.2) is 11.6 Å². The van der Waals surface area contributed by atoms with Gasteiger partial charge in [-0.15, -0.1) is 11.3 Å². The number of aryl methyl sites for hydroxylation is 2. The summed E-state index contributed by atoms with van der Waals surface area (Å²) in [5.41, 5.74) is 4.10. The molecule has 1 aliphatic heterocycles. The van der Waals surface area contributed by atoms with E-state index in [2.05, 4.69) is 12.0 Å². The fraction of sp³-hybridized carbons (Fsp3) is 0.200. The summed E-state index contributed by atoms with van der Waals surface area (Å²) in [5, 5.41) is 7.98. The molecule has 0 spiro atoms. The second-order valence-electron chi connectivity index (χ2n) is 4.67. The topological polar surface area (TPSA) is 32.7 Å². The Bertz CT molecular complexity index is 659. The first-order valence-corrected chi connectivity index (χ1v) is 7.04. The Kier molecular flexibility index (Phi) is 2.95. The molecule has 3 nitrogen and oxygen atoms in total. The summed E-state index contributed by atoms with van der Waals surface area (Å²) in [6.45, 7) is 4.11. The number of hydrogen-bond donors (Lipinski definition) is 0. The molecular weight excluding hydrogens is 256 g/mol. The molecule has 4 heteroatoms. The van der Waals surface area contributed by atoms with E-state index in [-0.39, 0.29) is 5.91 Å². The number of benzene rings is 1. The van der Waals surface area contributed by atoms with Crippen LogP contribution in [0.25, 0.3) is 0 Å². The van der Waals surface area contributed by atoms with Crippen molar-refractivity contribution >= 4 is 28.6 Å². The standard InChI is InChI=1S/C15H14N2OS/c1-10-5-6-12(8-11(10)2)17-15(18)9-13(16-17)14-4-3-7-19-14/h3-8H,9H2,1-2H3. The van der Waals surface area contributed by atoms with Crippen LogP contribution in [0.1, 0.15) is 22.4 Å². The van der Waals surface area contributed by atoms with Crippen LogP contribution >= 0.6 is 11.3 Å². The van der Waals surface area contributed by atoms with Gasteiger partial charge in [-0.05, 0) is 48.6 Å². The van der Waals surface area contributed by atoms with E-state index in [0.29, 0.717) is 6.42 Å². The number of carbonyl (C=O) groups excluding carboxylic acids is 1. The van der Waals surface area contributed by atoms with Crippen molar-refractivity contribution in [2.24, 2.45) is 5.10 Å². The van der Waals surface area contributed by atoms with Crippen LogP contribution in [0.5, 0.6) is 0 Å². The molecule has 0 atom stereocenters. The number of nitrogens with zero attached hydrogens (tertiary/aromatic N) is 2. The van der Waals surface area contributed by atoms with Gasteiger partial charge in [0.25, 0.3) is 5.91 Å². The summed E-state index contributed by atoms with van der Waals surface area (Å²) in [6.07, 6.45) is 0.382. The Morgan fingerprint density at radius 2 is 2.05 bits per heavy atom. The summed E-state index contributed by atoms with van der Waals surface area (Å²) < 4.78 is 0. The second-order valence-corrected chi connectivity index (χ2v) is 5.62. The highest BCUT2D eigenvalue weighted by Crippen LogP contribution is 2.26. The van der Waals surface area contributed by atoms with E-state index in [1.165, 1.54) is 16.1 Å². The van der Waals surface area contributed by atoms with Gasteiger partial charge in [0.1, 0.15) is 0 Å². The molecule has 0 saturated carbocycles. The zero-order valence-electron chi connectivity index (χ0n) is 10.9. The van der Waals surface area contributed by atoms with Crippen molar-refractivity contribution in [3.8, 4) is 0 Å². The van der Waals surface area contributed by atoms with Crippen LogP contribution < -0.4 is 5.01 Å². The zero-order chi connectivity index (χ0) is 13.4. The first kappa shape index (κ1) is 12.1. The third-order valence-electron chi connectivity index (χ3n) is 3.32. The van der Waals surface area contributed by atoms with Gasteiger partial charge in [0, 0.05) is 0 Å². The quantitative estimate of drug-likeness (QED) is 0.822. The minimum absolute atomic E-state index is 0.0339. The molecule has 2 heterocycles. The molecule has 2 aromatic rings. The van der Waals surface area contributed by atoms with E-state index >= 15 is 0 Å². The van der Waals surface area contributed by atoms with E-state index < -0.39 is 0 Å². The fourth-order valence-electron chi connectivity index (χ4n) is 2.07. The average Bonchev–Trinajstić information content (AvgIpc) is 3.01. The summed E-state index contributed by atoms with van der Waals surface area (Å²) in [6, 6.07) is 9.96. The highest BCUT2D eigenvalue weighted by molar-refractivity contribution is 7.12. The molecule has 0 bridgehead atoms. The van der Waals surface area contributed by atoms with Gasteiger partial charge >= 0.3 is 0 Å². The van der Waals surface area contributed by atoms with Crippen LogP contribution in [0.15, 0.2) is 40.8 Å². The molecular formula is C15H14N2OS. The average molecular weight is 270 g/mol. The summed E-state index contributed by atoms with van der Waals surface area (Å²) in [5.74, 6) is 0.0339. The third kappa shape index (κ3) is 2.19. The maximum absolute atomic E-state index is 12.1. The predicted octanol–water partition coefficient (Wildman–Crippen LogP) is 3.51. The van der Waals surface area contributed by atoms with Gasteiger partial charge in [0.05, 0.1) is 22.7 Å². The number of carbonyl (C=O) groups is 1. The van der Waals surface area contributed by atoms with Crippen LogP contribution in [0.4, 0.5) is 5.69 Å². The van der Waals surface area contributed by atoms with E-state index in [1.54, 1.807) is 11.3 Å². The van der Waals surface area contributed by atoms with Crippen LogP contribution in [0.2, 0.25) is 0 Å². The molecule has 0 aliphatic carbocycles. The Balaban J connectivity index is 1.96. The first-order valence-electron chi connectivity index (χ1n) is 6.17. The normalized spacial score (nSPS) is 14.9. The van der Waals surface area contributed by atoms with E-state index in [4.69, 9.17) is 0 Å². The Hall–Kier alpha value is -1.94. The molecule has 3 rings (SSSR count). The number of hydrogen-bond acceptors (Lipinski definition) is 3. The van der Waals surface area contributed by atoms with Crippen molar-refractivity contribution in [1.82, 2.24) is 0 Å². The van der Waals surface area contributed by atoms with Gasteiger partial charge in [-0.25, -0.2) is 5.01 Å². The molecule has 0 radical (unpaired) electrons. The maximum Gasteiger partial charge on any atom is 0.253 e. The van der Waals surface area contributed by atoms with Crippen LogP contribution in [-0.2, 0) is 4.79 Å². The number of amides is 1. The van der Waals surface area contributed by atoms with Crippen LogP contribution in [0, 0.1) is 13.8 Å². The number of anilines is 1. The van der Waals surface area contributed by atoms with E-state index in [1.807, 2.05) is 42.6 Å². The van der Waals surface area contributed by atoms with Crippen molar-refractivity contribution < 1.29 is 4.79 Å². The molecule has 0 saturated heterocycles. The molecule has 96 valence electrons. The molecule has 0 N–H and O–H groups in total. The van der Waals surface area contributed by atoms with Crippen molar-refractivity contribution in [2.45, 2.75) is 20.3 Å². The smallest absolute Gasteiger partial charge is 0.253 e. The zero-order valence-corrected chi connectivity index (χ0v) is 11.7. The lowest BCUT2D eigenvalue weighted by molar-refractivity contribution is -0.116. The van der Waals surface area contributed by atoms with Crippen molar-refractivity contribution in [2.75, 3.05) is 5.01 Å². The van der Waals surface area contributed by atoms with Gasteiger partial charge < -0.3 is 0 Å². The van der Waals surface area contributed by atoms with Gasteiger partial charge in [-0.1, -0.05) is 12.1 Å². The molecule has 0 unspecified atom stereocenters. The predicted molar refractivity (Wildman–Crippen MR) is 78.9 cm³/mol. The minimum atomic E-state index is 0.0339. The van der Waals surface area contributed by atoms with E-state index in [9.17, 15) is 4.79 Å².